The Morgan fingerprint density at radius 2 is 0.878 bits per heavy atom. The van der Waals surface area contributed by atoms with Crippen molar-refractivity contribution in [2.75, 3.05) is 0 Å². The maximum Gasteiger partial charge on any atom is 2.00 e. The van der Waals surface area contributed by atoms with Crippen LogP contribution in [0.1, 0.15) is 0 Å². The van der Waals surface area contributed by atoms with Gasteiger partial charge in [0, 0.05) is 50.2 Å². The molecule has 2 aliphatic heterocycles. The van der Waals surface area contributed by atoms with Gasteiger partial charge in [-0.05, 0) is 28.3 Å². The van der Waals surface area contributed by atoms with E-state index in [2.05, 4.69) is 19.9 Å². The van der Waals surface area contributed by atoms with Crippen molar-refractivity contribution in [3.05, 3.63) is 84.9 Å². The fourth-order valence-corrected chi connectivity index (χ4v) is 7.44. The van der Waals surface area contributed by atoms with Crippen molar-refractivity contribution in [3.63, 3.8) is 0 Å². The SMILES string of the molecule is O=S(=O)(O)c1cccc2c1-c1nc-2nc2[n-]c(nc3nc(nc4[n-]c(n1)c1ccccc41)-c1ccccc1-3)c1cccc(S(=O)(=O)O)c21.[Cu+2]. The van der Waals surface area contributed by atoms with Gasteiger partial charge in [-0.3, -0.25) is 9.11 Å². The van der Waals surface area contributed by atoms with Gasteiger partial charge in [0.1, 0.15) is 9.79 Å². The molecule has 243 valence electrons. The van der Waals surface area contributed by atoms with Crippen molar-refractivity contribution in [1.82, 2.24) is 39.9 Å². The standard InChI is InChI=1S/C32H16N8O6S2.Cu/c41-47(42,43)21-13-5-11-19-23(21)32-38-29(19)36-27-16-8-2-1-7-15(16)25(34-27)33-26-17-9-3-4-10-18(17)28(35-26)37-31-24-20(30(39-31)40-32)12-6-14-22(24)48(44,45)46;/h1-14H,(H2-2,33,34,35,36,37,38,39,40,41,42,43,44,45,46);/q-2;+2. The van der Waals surface area contributed by atoms with Crippen molar-refractivity contribution in [2.24, 2.45) is 0 Å². The van der Waals surface area contributed by atoms with Crippen LogP contribution in [0.2, 0.25) is 0 Å². The van der Waals surface area contributed by atoms with Crippen LogP contribution in [0.4, 0.5) is 0 Å². The Hall–Kier alpha value is -5.42. The van der Waals surface area contributed by atoms with E-state index >= 15 is 0 Å². The maximum atomic E-state index is 12.6. The Morgan fingerprint density at radius 1 is 0.449 bits per heavy atom. The third-order valence-electron chi connectivity index (χ3n) is 8.05. The third kappa shape index (κ3) is 4.82. The molecule has 0 aliphatic carbocycles. The molecule has 7 aromatic rings. The van der Waals surface area contributed by atoms with E-state index in [1.54, 1.807) is 18.2 Å². The van der Waals surface area contributed by atoms with E-state index < -0.39 is 30.0 Å². The van der Waals surface area contributed by atoms with Crippen LogP contribution in [-0.4, -0.2) is 55.8 Å². The molecule has 0 atom stereocenters. The summed E-state index contributed by atoms with van der Waals surface area (Å²) in [5, 5.41) is 1.43. The van der Waals surface area contributed by atoms with Gasteiger partial charge < -0.3 is 29.9 Å². The molecule has 9 rings (SSSR count). The molecule has 1 radical (unpaired) electrons. The van der Waals surface area contributed by atoms with Crippen LogP contribution in [0.3, 0.4) is 0 Å². The summed E-state index contributed by atoms with van der Waals surface area (Å²) >= 11 is 0. The summed E-state index contributed by atoms with van der Waals surface area (Å²) in [5.41, 5.74) is 1.77. The first-order chi connectivity index (χ1) is 23.0. The van der Waals surface area contributed by atoms with Gasteiger partial charge in [0.15, 0.2) is 0 Å². The predicted molar refractivity (Wildman–Crippen MR) is 174 cm³/mol. The Labute approximate surface area is 286 Å². The zero-order chi connectivity index (χ0) is 32.9. The van der Waals surface area contributed by atoms with Gasteiger partial charge in [-0.1, -0.05) is 72.8 Å². The van der Waals surface area contributed by atoms with Crippen molar-refractivity contribution >= 4 is 64.4 Å². The van der Waals surface area contributed by atoms with Gasteiger partial charge in [0.25, 0.3) is 20.2 Å². The number of nitrogens with zero attached hydrogens (tertiary/aromatic N) is 8. The Morgan fingerprint density at radius 3 is 1.51 bits per heavy atom. The van der Waals surface area contributed by atoms with Gasteiger partial charge in [0.2, 0.25) is 0 Å². The molecule has 2 N–H and O–H groups in total. The third-order valence-corrected chi connectivity index (χ3v) is 9.84. The summed E-state index contributed by atoms with van der Waals surface area (Å²) in [5.74, 6) is 0.335. The minimum absolute atomic E-state index is 0. The van der Waals surface area contributed by atoms with Crippen LogP contribution in [0, 0.1) is 0 Å². The molecule has 0 saturated heterocycles. The Balaban J connectivity index is 0.00000348. The topological polar surface area (TPSA) is 214 Å². The second-order valence-electron chi connectivity index (χ2n) is 10.9. The minimum Gasteiger partial charge on any atom is -0.357 e. The van der Waals surface area contributed by atoms with E-state index in [0.717, 1.165) is 0 Å². The summed E-state index contributed by atoms with van der Waals surface area (Å²) in [6.07, 6.45) is 0. The average Bonchev–Trinajstić information content (AvgIpc) is 3.79. The maximum absolute atomic E-state index is 12.6. The Kier molecular flexibility index (Phi) is 6.80. The molecule has 5 heterocycles. The summed E-state index contributed by atoms with van der Waals surface area (Å²) in [6, 6.07) is 22.9. The number of benzene rings is 4. The van der Waals surface area contributed by atoms with Crippen molar-refractivity contribution in [1.29, 1.82) is 0 Å². The first-order valence-electron chi connectivity index (χ1n) is 14.2. The van der Waals surface area contributed by atoms with Gasteiger partial charge in [-0.15, -0.1) is 0 Å². The normalized spacial score (nSPS) is 12.4. The molecule has 2 aliphatic rings. The van der Waals surface area contributed by atoms with Crippen LogP contribution >= 0.6 is 0 Å². The molecule has 0 spiro atoms. The molecule has 49 heavy (non-hydrogen) atoms. The van der Waals surface area contributed by atoms with E-state index in [9.17, 15) is 25.9 Å². The number of hydrogen-bond donors (Lipinski definition) is 2. The van der Waals surface area contributed by atoms with Crippen LogP contribution in [0.5, 0.6) is 0 Å². The molecule has 14 nitrogen and oxygen atoms in total. The van der Waals surface area contributed by atoms with Gasteiger partial charge in [-0.25, -0.2) is 9.97 Å². The quantitative estimate of drug-likeness (QED) is 0.183. The van der Waals surface area contributed by atoms with E-state index in [1.807, 2.05) is 36.4 Å². The summed E-state index contributed by atoms with van der Waals surface area (Å²) in [6.45, 7) is 0. The van der Waals surface area contributed by atoms with Crippen molar-refractivity contribution in [2.45, 2.75) is 9.79 Å². The molecular formula is C32H16CuN8O6S2. The molecule has 8 bridgehead atoms. The van der Waals surface area contributed by atoms with E-state index in [-0.39, 0.29) is 73.4 Å². The van der Waals surface area contributed by atoms with Crippen molar-refractivity contribution in [3.8, 4) is 45.6 Å². The zero-order valence-corrected chi connectivity index (χ0v) is 26.9. The molecular weight excluding hydrogens is 720 g/mol. The second-order valence-corrected chi connectivity index (χ2v) is 13.7. The van der Waals surface area contributed by atoms with Crippen molar-refractivity contribution < 1.29 is 43.0 Å². The molecule has 3 aromatic heterocycles. The van der Waals surface area contributed by atoms with Crippen LogP contribution in [-0.2, 0) is 37.3 Å². The van der Waals surface area contributed by atoms with Gasteiger partial charge >= 0.3 is 17.1 Å². The largest absolute Gasteiger partial charge is 2.00 e. The second kappa shape index (κ2) is 10.8. The molecule has 17 heteroatoms. The summed E-state index contributed by atoms with van der Waals surface area (Å²) in [4.78, 5) is 36.4. The van der Waals surface area contributed by atoms with E-state index in [1.165, 1.54) is 30.3 Å². The van der Waals surface area contributed by atoms with E-state index in [4.69, 9.17) is 19.9 Å². The molecule has 0 unspecified atom stereocenters. The molecule has 4 aromatic carbocycles. The fourth-order valence-electron chi connectivity index (χ4n) is 6.02. The van der Waals surface area contributed by atoms with Crippen LogP contribution < -0.4 is 9.97 Å². The summed E-state index contributed by atoms with van der Waals surface area (Å²) in [7, 11) is -9.56. The first-order valence-corrected chi connectivity index (χ1v) is 17.0. The smallest absolute Gasteiger partial charge is 0.357 e. The van der Waals surface area contributed by atoms with E-state index in [0.29, 0.717) is 33.4 Å². The van der Waals surface area contributed by atoms with Crippen LogP contribution in [0.15, 0.2) is 94.7 Å². The van der Waals surface area contributed by atoms with Gasteiger partial charge in [-0.2, -0.15) is 16.8 Å². The minimum atomic E-state index is -4.78. The molecule has 0 saturated carbocycles. The predicted octanol–water partition coefficient (Wildman–Crippen LogP) is 4.62. The van der Waals surface area contributed by atoms with Crippen LogP contribution in [0.25, 0.3) is 89.7 Å². The fraction of sp³-hybridized carbons (Fsp3) is 0. The number of fused-ring (bicyclic) bond motifs is 20. The Bertz CT molecular complexity index is 2980. The van der Waals surface area contributed by atoms with Gasteiger partial charge in [0.05, 0.1) is 23.3 Å². The zero-order valence-electron chi connectivity index (χ0n) is 24.3. The number of aromatic nitrogens is 8. The average molecular weight is 736 g/mol. The summed E-state index contributed by atoms with van der Waals surface area (Å²) < 4.78 is 70.6. The number of rotatable bonds is 2. The first kappa shape index (κ1) is 30.9. The molecule has 0 fully saturated rings. The molecule has 0 amide bonds. The monoisotopic (exact) mass is 735 g/mol. The number of hydrogen-bond acceptors (Lipinski definition) is 10.